The predicted octanol–water partition coefficient (Wildman–Crippen LogP) is 2.32. The van der Waals surface area contributed by atoms with Crippen LogP contribution in [0.1, 0.15) is 24.3 Å². The average Bonchev–Trinajstić information content (AvgIpc) is 2.96. The Hall–Kier alpha value is -1.39. The Kier molecular flexibility index (Phi) is 3.53. The Labute approximate surface area is 113 Å². The fourth-order valence-corrected chi connectivity index (χ4v) is 2.85. The molecular formula is C15H21N3O. The van der Waals surface area contributed by atoms with Gasteiger partial charge in [-0.25, -0.2) is 4.98 Å². The Morgan fingerprint density at radius 2 is 2.37 bits per heavy atom. The van der Waals surface area contributed by atoms with Crippen LogP contribution in [-0.2, 0) is 6.54 Å². The van der Waals surface area contributed by atoms with Crippen molar-refractivity contribution in [1.29, 1.82) is 0 Å². The van der Waals surface area contributed by atoms with E-state index < -0.39 is 0 Å². The maximum Gasteiger partial charge on any atom is 0.192 e. The van der Waals surface area contributed by atoms with Crippen LogP contribution >= 0.6 is 0 Å². The lowest BCUT2D eigenvalue weighted by Gasteiger charge is -2.21. The van der Waals surface area contributed by atoms with E-state index in [-0.39, 0.29) is 0 Å². The molecule has 1 unspecified atom stereocenters. The van der Waals surface area contributed by atoms with Gasteiger partial charge in [0.25, 0.3) is 0 Å². The number of aryl methyl sites for hydroxylation is 1. The normalized spacial score (nSPS) is 19.6. The van der Waals surface area contributed by atoms with Crippen LogP contribution in [0, 0.1) is 6.92 Å². The molecule has 1 saturated heterocycles. The molecule has 0 aliphatic carbocycles. The van der Waals surface area contributed by atoms with Gasteiger partial charge in [-0.15, -0.1) is 0 Å². The third-order valence-electron chi connectivity index (χ3n) is 3.71. The van der Waals surface area contributed by atoms with Gasteiger partial charge in [0.15, 0.2) is 11.5 Å². The van der Waals surface area contributed by atoms with E-state index in [4.69, 9.17) is 4.42 Å². The Bertz CT molecular complexity index is 558. The van der Waals surface area contributed by atoms with E-state index in [9.17, 15) is 0 Å². The van der Waals surface area contributed by atoms with Crippen LogP contribution in [0.2, 0.25) is 0 Å². The molecule has 0 bridgehead atoms. The van der Waals surface area contributed by atoms with Gasteiger partial charge in [0.2, 0.25) is 0 Å². The van der Waals surface area contributed by atoms with Gasteiger partial charge in [0, 0.05) is 26.1 Å². The molecule has 1 aliphatic heterocycles. The van der Waals surface area contributed by atoms with Crippen LogP contribution in [0.15, 0.2) is 22.6 Å². The molecule has 3 rings (SSSR count). The fraction of sp³-hybridized carbons (Fsp3) is 0.533. The molecule has 2 aromatic rings. The SMILES string of the molecule is Cc1nc2cc(CN(C)CC3CCCN3)ccc2o1. The zero-order valence-corrected chi connectivity index (χ0v) is 11.6. The van der Waals surface area contributed by atoms with Crippen LogP contribution in [0.5, 0.6) is 0 Å². The van der Waals surface area contributed by atoms with Gasteiger partial charge in [-0.3, -0.25) is 0 Å². The standard InChI is InChI=1S/C15H21N3O/c1-11-17-14-8-12(5-6-15(14)19-11)9-18(2)10-13-4-3-7-16-13/h5-6,8,13,16H,3-4,7,9-10H2,1-2H3. The van der Waals surface area contributed by atoms with Crippen molar-refractivity contribution in [3.05, 3.63) is 29.7 Å². The lowest BCUT2D eigenvalue weighted by atomic mass is 10.1. The van der Waals surface area contributed by atoms with Crippen LogP contribution in [0.25, 0.3) is 11.1 Å². The topological polar surface area (TPSA) is 41.3 Å². The second kappa shape index (κ2) is 5.31. The molecule has 0 saturated carbocycles. The van der Waals surface area contributed by atoms with E-state index in [1.165, 1.54) is 24.9 Å². The zero-order valence-electron chi connectivity index (χ0n) is 11.6. The largest absolute Gasteiger partial charge is 0.441 e. The first kappa shape index (κ1) is 12.6. The number of likely N-dealkylation sites (N-methyl/N-ethyl adjacent to an activating group) is 1. The second-order valence-corrected chi connectivity index (χ2v) is 5.52. The number of nitrogens with zero attached hydrogens (tertiary/aromatic N) is 2. The number of fused-ring (bicyclic) bond motifs is 1. The molecule has 0 radical (unpaired) electrons. The summed E-state index contributed by atoms with van der Waals surface area (Å²) in [5.74, 6) is 0.732. The molecule has 0 amide bonds. The van der Waals surface area contributed by atoms with Gasteiger partial charge in [-0.05, 0) is 44.1 Å². The second-order valence-electron chi connectivity index (χ2n) is 5.52. The summed E-state index contributed by atoms with van der Waals surface area (Å²) in [4.78, 5) is 6.76. The van der Waals surface area contributed by atoms with Gasteiger partial charge >= 0.3 is 0 Å². The van der Waals surface area contributed by atoms with E-state index in [1.54, 1.807) is 0 Å². The summed E-state index contributed by atoms with van der Waals surface area (Å²) in [5.41, 5.74) is 3.13. The van der Waals surface area contributed by atoms with Crippen molar-refractivity contribution in [2.45, 2.75) is 32.4 Å². The van der Waals surface area contributed by atoms with E-state index in [1.807, 2.05) is 13.0 Å². The summed E-state index contributed by atoms with van der Waals surface area (Å²) in [5, 5.41) is 3.54. The maximum absolute atomic E-state index is 5.50. The molecule has 4 heteroatoms. The van der Waals surface area contributed by atoms with E-state index in [2.05, 4.69) is 34.4 Å². The molecule has 1 aromatic heterocycles. The van der Waals surface area contributed by atoms with Gasteiger partial charge < -0.3 is 14.6 Å². The van der Waals surface area contributed by atoms with Crippen molar-refractivity contribution < 1.29 is 4.42 Å². The molecule has 1 fully saturated rings. The van der Waals surface area contributed by atoms with Gasteiger partial charge in [0.1, 0.15) is 5.52 Å². The lowest BCUT2D eigenvalue weighted by molar-refractivity contribution is 0.293. The van der Waals surface area contributed by atoms with E-state index in [0.717, 1.165) is 30.1 Å². The van der Waals surface area contributed by atoms with Gasteiger partial charge in [-0.1, -0.05) is 6.07 Å². The number of hydrogen-bond donors (Lipinski definition) is 1. The number of aromatic nitrogens is 1. The minimum absolute atomic E-state index is 0.656. The first-order valence-electron chi connectivity index (χ1n) is 6.99. The third-order valence-corrected chi connectivity index (χ3v) is 3.71. The fourth-order valence-electron chi connectivity index (χ4n) is 2.85. The van der Waals surface area contributed by atoms with Crippen molar-refractivity contribution in [3.63, 3.8) is 0 Å². The number of benzene rings is 1. The quantitative estimate of drug-likeness (QED) is 0.915. The maximum atomic E-state index is 5.50. The van der Waals surface area contributed by atoms with Crippen molar-refractivity contribution >= 4 is 11.1 Å². The highest BCUT2D eigenvalue weighted by Gasteiger charge is 2.16. The van der Waals surface area contributed by atoms with Gasteiger partial charge in [0.05, 0.1) is 0 Å². The molecular weight excluding hydrogens is 238 g/mol. The minimum Gasteiger partial charge on any atom is -0.441 e. The Balaban J connectivity index is 1.66. The summed E-state index contributed by atoms with van der Waals surface area (Å²) in [6.45, 7) is 5.12. The zero-order chi connectivity index (χ0) is 13.2. The van der Waals surface area contributed by atoms with Crippen molar-refractivity contribution in [2.75, 3.05) is 20.1 Å². The average molecular weight is 259 g/mol. The van der Waals surface area contributed by atoms with E-state index >= 15 is 0 Å². The number of rotatable bonds is 4. The summed E-state index contributed by atoms with van der Waals surface area (Å²) >= 11 is 0. The summed E-state index contributed by atoms with van der Waals surface area (Å²) in [7, 11) is 2.18. The smallest absolute Gasteiger partial charge is 0.192 e. The summed E-state index contributed by atoms with van der Waals surface area (Å²) in [6, 6.07) is 6.94. The van der Waals surface area contributed by atoms with E-state index in [0.29, 0.717) is 6.04 Å². The van der Waals surface area contributed by atoms with Crippen molar-refractivity contribution in [1.82, 2.24) is 15.2 Å². The van der Waals surface area contributed by atoms with Crippen LogP contribution < -0.4 is 5.32 Å². The first-order valence-corrected chi connectivity index (χ1v) is 6.99. The summed E-state index contributed by atoms with van der Waals surface area (Å²) in [6.07, 6.45) is 2.61. The highest BCUT2D eigenvalue weighted by Crippen LogP contribution is 2.18. The monoisotopic (exact) mass is 259 g/mol. The Morgan fingerprint density at radius 3 is 3.16 bits per heavy atom. The number of oxazole rings is 1. The third kappa shape index (κ3) is 2.96. The van der Waals surface area contributed by atoms with Crippen molar-refractivity contribution in [3.8, 4) is 0 Å². The Morgan fingerprint density at radius 1 is 1.47 bits per heavy atom. The van der Waals surface area contributed by atoms with Crippen LogP contribution in [-0.4, -0.2) is 36.1 Å². The molecule has 0 spiro atoms. The predicted molar refractivity (Wildman–Crippen MR) is 76.1 cm³/mol. The number of hydrogen-bond acceptors (Lipinski definition) is 4. The molecule has 1 aliphatic rings. The van der Waals surface area contributed by atoms with Gasteiger partial charge in [-0.2, -0.15) is 0 Å². The highest BCUT2D eigenvalue weighted by atomic mass is 16.3. The van der Waals surface area contributed by atoms with Crippen LogP contribution in [0.3, 0.4) is 0 Å². The highest BCUT2D eigenvalue weighted by molar-refractivity contribution is 5.73. The van der Waals surface area contributed by atoms with Crippen molar-refractivity contribution in [2.24, 2.45) is 0 Å². The minimum atomic E-state index is 0.656. The number of nitrogens with one attached hydrogen (secondary N) is 1. The molecule has 19 heavy (non-hydrogen) atoms. The molecule has 4 nitrogen and oxygen atoms in total. The molecule has 2 heterocycles. The molecule has 1 atom stereocenters. The summed E-state index contributed by atoms with van der Waals surface area (Å²) < 4.78 is 5.50. The first-order chi connectivity index (χ1) is 9.20. The molecule has 1 N–H and O–H groups in total. The van der Waals surface area contributed by atoms with Crippen LogP contribution in [0.4, 0.5) is 0 Å². The molecule has 1 aromatic carbocycles. The lowest BCUT2D eigenvalue weighted by Crippen LogP contribution is -2.34. The molecule has 102 valence electrons.